The molecule has 2 rings (SSSR count). The lowest BCUT2D eigenvalue weighted by Crippen LogP contribution is -2.20. The summed E-state index contributed by atoms with van der Waals surface area (Å²) >= 11 is 6.32. The molecule has 0 aliphatic heterocycles. The Labute approximate surface area is 103 Å². The fraction of sp³-hybridized carbons (Fsp3) is 0.500. The number of aryl methyl sites for hydroxylation is 1. The van der Waals surface area contributed by atoms with Gasteiger partial charge in [-0.1, -0.05) is 24.6 Å². The van der Waals surface area contributed by atoms with E-state index in [-0.39, 0.29) is 6.61 Å². The van der Waals surface area contributed by atoms with Crippen LogP contribution in [0.5, 0.6) is 0 Å². The van der Waals surface area contributed by atoms with Crippen LogP contribution in [0.1, 0.15) is 18.9 Å². The molecule has 0 bridgehead atoms. The Bertz CT molecular complexity index is 431. The van der Waals surface area contributed by atoms with Crippen molar-refractivity contribution in [2.24, 2.45) is 5.41 Å². The summed E-state index contributed by atoms with van der Waals surface area (Å²) in [6.45, 7) is 3.83. The third kappa shape index (κ3) is 1.71. The highest BCUT2D eigenvalue weighted by molar-refractivity contribution is 7.88. The van der Waals surface area contributed by atoms with Crippen LogP contribution in [-0.2, 0) is 10.8 Å². The molecule has 0 saturated heterocycles. The normalized spacial score (nSPS) is 34.8. The zero-order valence-corrected chi connectivity index (χ0v) is 10.9. The first-order valence-corrected chi connectivity index (χ1v) is 6.74. The van der Waals surface area contributed by atoms with Gasteiger partial charge >= 0.3 is 0 Å². The van der Waals surface area contributed by atoms with Crippen LogP contribution in [0.25, 0.3) is 0 Å². The second kappa shape index (κ2) is 3.83. The number of aliphatic hydroxyl groups excluding tert-OH is 1. The van der Waals surface area contributed by atoms with Crippen LogP contribution in [0.3, 0.4) is 0 Å². The zero-order valence-electron chi connectivity index (χ0n) is 9.37. The third-order valence-corrected chi connectivity index (χ3v) is 6.21. The number of benzene rings is 1. The lowest BCUT2D eigenvalue weighted by atomic mass is 10.2. The lowest BCUT2D eigenvalue weighted by Gasteiger charge is -2.14. The number of rotatable bonds is 3. The van der Waals surface area contributed by atoms with Crippen molar-refractivity contribution < 1.29 is 9.32 Å². The van der Waals surface area contributed by atoms with Gasteiger partial charge in [-0.25, -0.2) is 0 Å². The van der Waals surface area contributed by atoms with Crippen molar-refractivity contribution in [3.05, 3.63) is 29.8 Å². The second-order valence-electron chi connectivity index (χ2n) is 4.71. The average Bonchev–Trinajstić information content (AvgIpc) is 2.84. The minimum Gasteiger partial charge on any atom is -0.396 e. The Balaban J connectivity index is 2.25. The summed E-state index contributed by atoms with van der Waals surface area (Å²) < 4.78 is 11.5. The van der Waals surface area contributed by atoms with E-state index in [1.165, 1.54) is 0 Å². The predicted molar refractivity (Wildman–Crippen MR) is 66.0 cm³/mol. The fourth-order valence-electron chi connectivity index (χ4n) is 1.77. The molecule has 1 unspecified atom stereocenters. The third-order valence-electron chi connectivity index (χ3n) is 3.27. The van der Waals surface area contributed by atoms with E-state index in [1.807, 2.05) is 38.1 Å². The van der Waals surface area contributed by atoms with Gasteiger partial charge in [0.25, 0.3) is 0 Å². The zero-order chi connectivity index (χ0) is 12.0. The molecule has 1 saturated carbocycles. The maximum Gasteiger partial charge on any atom is 0.132 e. The summed E-state index contributed by atoms with van der Waals surface area (Å²) in [5, 5.41) is 9.22. The number of hydrogen-bond acceptors (Lipinski definition) is 2. The van der Waals surface area contributed by atoms with Crippen LogP contribution < -0.4 is 0 Å². The van der Waals surface area contributed by atoms with Gasteiger partial charge in [0.2, 0.25) is 0 Å². The molecule has 1 N–H and O–H groups in total. The van der Waals surface area contributed by atoms with E-state index in [1.54, 1.807) is 0 Å². The Hall–Kier alpha value is -0.380. The van der Waals surface area contributed by atoms with Gasteiger partial charge in [0.05, 0.1) is 17.4 Å². The molecule has 0 amide bonds. The van der Waals surface area contributed by atoms with E-state index in [0.29, 0.717) is 6.42 Å². The molecule has 1 aliphatic rings. The molecule has 0 radical (unpaired) electrons. The summed E-state index contributed by atoms with van der Waals surface area (Å²) in [5.74, 6) is 0. The summed E-state index contributed by atoms with van der Waals surface area (Å²) in [6, 6.07) is 7.52. The van der Waals surface area contributed by atoms with Crippen molar-refractivity contribution in [1.29, 1.82) is 0 Å². The summed E-state index contributed by atoms with van der Waals surface area (Å²) in [4.78, 5) is 0.734. The van der Waals surface area contributed by atoms with Gasteiger partial charge in [-0.3, -0.25) is 4.21 Å². The number of aliphatic hydroxyl groups is 1. The SMILES string of the molecule is Cc1ccc(S(=O)[C@@]2(Cl)C[C@@]2(C)CO)cc1. The molecular formula is C12H15ClO2S. The predicted octanol–water partition coefficient (Wildman–Crippen LogP) is 2.44. The topological polar surface area (TPSA) is 37.3 Å². The second-order valence-corrected chi connectivity index (χ2v) is 7.28. The van der Waals surface area contributed by atoms with Crippen LogP contribution in [0.2, 0.25) is 0 Å². The van der Waals surface area contributed by atoms with Gasteiger partial charge in [-0.05, 0) is 25.5 Å². The van der Waals surface area contributed by atoms with E-state index < -0.39 is 20.4 Å². The average molecular weight is 259 g/mol. The number of alkyl halides is 1. The summed E-state index contributed by atoms with van der Waals surface area (Å²) in [6.07, 6.45) is 0.596. The van der Waals surface area contributed by atoms with Gasteiger partial charge in [-0.15, -0.1) is 11.6 Å². The monoisotopic (exact) mass is 258 g/mol. The smallest absolute Gasteiger partial charge is 0.132 e. The molecule has 0 heterocycles. The van der Waals surface area contributed by atoms with Gasteiger partial charge in [0, 0.05) is 10.3 Å². The van der Waals surface area contributed by atoms with E-state index in [0.717, 1.165) is 10.5 Å². The van der Waals surface area contributed by atoms with Crippen molar-refractivity contribution in [2.75, 3.05) is 6.61 Å². The molecule has 2 nitrogen and oxygen atoms in total. The Morgan fingerprint density at radius 2 is 2.00 bits per heavy atom. The first-order valence-electron chi connectivity index (χ1n) is 5.21. The lowest BCUT2D eigenvalue weighted by molar-refractivity contribution is 0.223. The van der Waals surface area contributed by atoms with E-state index >= 15 is 0 Å². The largest absolute Gasteiger partial charge is 0.396 e. The van der Waals surface area contributed by atoms with E-state index in [2.05, 4.69) is 0 Å². The molecule has 4 heteroatoms. The first kappa shape index (κ1) is 12.1. The van der Waals surface area contributed by atoms with Crippen LogP contribution in [-0.4, -0.2) is 20.1 Å². The van der Waals surface area contributed by atoms with Crippen LogP contribution in [0.15, 0.2) is 29.2 Å². The quantitative estimate of drug-likeness (QED) is 0.846. The highest BCUT2D eigenvalue weighted by Gasteiger charge is 2.67. The van der Waals surface area contributed by atoms with Crippen molar-refractivity contribution >= 4 is 22.4 Å². The highest BCUT2D eigenvalue weighted by Crippen LogP contribution is 2.63. The van der Waals surface area contributed by atoms with Gasteiger partial charge in [0.15, 0.2) is 0 Å². The maximum atomic E-state index is 12.3. The summed E-state index contributed by atoms with van der Waals surface area (Å²) in [5.41, 5.74) is 0.717. The molecule has 0 spiro atoms. The Morgan fingerprint density at radius 3 is 2.44 bits per heavy atom. The Morgan fingerprint density at radius 1 is 1.44 bits per heavy atom. The summed E-state index contributed by atoms with van der Waals surface area (Å²) in [7, 11) is -1.26. The number of hydrogen-bond donors (Lipinski definition) is 1. The number of halogens is 1. The fourth-order valence-corrected chi connectivity index (χ4v) is 4.11. The van der Waals surface area contributed by atoms with E-state index in [4.69, 9.17) is 11.6 Å². The van der Waals surface area contributed by atoms with Crippen molar-refractivity contribution in [3.63, 3.8) is 0 Å². The molecule has 1 aromatic rings. The molecule has 0 aromatic heterocycles. The first-order chi connectivity index (χ1) is 7.43. The van der Waals surface area contributed by atoms with E-state index in [9.17, 15) is 9.32 Å². The molecule has 1 aliphatic carbocycles. The molecular weight excluding hydrogens is 244 g/mol. The van der Waals surface area contributed by atoms with Gasteiger partial charge in [0.1, 0.15) is 4.21 Å². The highest BCUT2D eigenvalue weighted by atomic mass is 35.5. The van der Waals surface area contributed by atoms with Crippen LogP contribution in [0, 0.1) is 12.3 Å². The molecule has 16 heavy (non-hydrogen) atoms. The molecule has 88 valence electrons. The molecule has 3 atom stereocenters. The molecule has 1 aromatic carbocycles. The minimum absolute atomic E-state index is 0.0197. The molecule has 1 fully saturated rings. The van der Waals surface area contributed by atoms with Crippen molar-refractivity contribution in [3.8, 4) is 0 Å². The van der Waals surface area contributed by atoms with Gasteiger partial charge < -0.3 is 5.11 Å². The standard InChI is InChI=1S/C12H15ClO2S/c1-9-3-5-10(6-4-9)16(15)12(13)7-11(12,2)8-14/h3-6,14H,7-8H2,1-2H3/t11-,12-,16?/m0/s1. The maximum absolute atomic E-state index is 12.3. The van der Waals surface area contributed by atoms with Crippen LogP contribution >= 0.6 is 11.6 Å². The Kier molecular flexibility index (Phi) is 2.89. The van der Waals surface area contributed by atoms with Crippen LogP contribution in [0.4, 0.5) is 0 Å². The minimum atomic E-state index is -1.26. The van der Waals surface area contributed by atoms with Gasteiger partial charge in [-0.2, -0.15) is 0 Å². The van der Waals surface area contributed by atoms with Crippen molar-refractivity contribution in [1.82, 2.24) is 0 Å². The van der Waals surface area contributed by atoms with Crippen molar-refractivity contribution in [2.45, 2.75) is 29.4 Å².